The van der Waals surface area contributed by atoms with Gasteiger partial charge in [-0.3, -0.25) is 96.5 Å². The Hall–Kier alpha value is -13.2. The SMILES string of the molecule is CC[C@H](C)[C@@H]1NC(=O)[C@H](CCC(=O)O)NC(=O)[C@H](CO)NC(=O)[C@H](Cc2ccc(O)cc2)NC(=O)[C@H](CCCNC(=N)N)NC(=O)[C@H](CCCCN)NC(=O)[C@H](C)NC(=O)[C@H](C(C)C)NC(=O)[C@H](Cc2c[nH]c3ccccc23)NC(=O)CNC(=O)[C@H]([C@@H](C)O)NC(=O)[C@@H]2CCCN2C(=O)[C@H]([C@@H](C)O)NC(=O)[C@H](CC(C)C)NC(=O)[C@H](C(C)C)NC(=O)[C@H]([C@@H](C)O)NC(=O)[C@H](CC(=O)O)NC1=O. The van der Waals surface area contributed by atoms with Crippen LogP contribution < -0.4 is 102 Å². The standard InChI is InChI=1S/C88H136N22O26/c1-13-44(8)68-85(134)102-60(37-65(119)120)79(128)107-70(47(11)113)86(135)105-67(43(6)7)84(133)101-57(34-41(2)3)77(126)109-71(48(12)114)87(136)110-33-19-24-62(110)81(130)108-69(46(10)112)82(131)94-39-63(116)96-59(36-50-38-93-53-21-15-14-20-52(50)53)78(127)104-66(42(4)5)83(132)95-45(9)72(121)97-54(22-16-17-31-89)73(122)98-55(23-18-32-92-88(90)91)74(123)100-58(35-49-25-27-51(115)28-26-49)76(125)103-61(40-111)80(129)99-56(75(124)106-68)29-30-64(117)118/h14-15,20-21,25-28,38,41-48,54-62,66-71,93,111-115H,13,16-19,22-24,29-37,39-40,89H2,1-12H3,(H,94,131)(H,95,132)(H,96,116)(H,97,121)(H,98,122)(H,99,129)(H,100,123)(H,101,133)(H,102,134)(H,103,125)(H,104,127)(H,105,135)(H,106,124)(H,107,128)(H,108,130)(H,109,126)(H,117,118)(H,119,120)(H4,90,91,92)/t44-,45-,46+,47+,48+,54-,55-,56-,57-,58-,59-,60-,61-,62-,66-,67-,68-,69-,70-,71-/m0/s1. The lowest BCUT2D eigenvalue weighted by Gasteiger charge is -2.32. The van der Waals surface area contributed by atoms with Gasteiger partial charge in [0, 0.05) is 49.5 Å². The van der Waals surface area contributed by atoms with E-state index in [1.54, 1.807) is 65.1 Å². The Balaban J connectivity index is 1.61. The van der Waals surface area contributed by atoms with Gasteiger partial charge in [0.2, 0.25) is 100 Å². The molecule has 0 saturated carbocycles. The lowest BCUT2D eigenvalue weighted by atomic mass is 9.96. The number of hydrogen-bond donors (Lipinski definition) is 28. The highest BCUT2D eigenvalue weighted by atomic mass is 16.4. The second-order valence-electron chi connectivity index (χ2n) is 35.2. The Kier molecular flexibility index (Phi) is 45.8. The molecule has 2 aromatic carbocycles. The molecule has 0 bridgehead atoms. The minimum absolute atomic E-state index is 0.0310. The zero-order chi connectivity index (χ0) is 102. The number of rotatable bonds is 27. The molecule has 2 fully saturated rings. The van der Waals surface area contributed by atoms with Crippen LogP contribution in [-0.4, -0.2) is 312 Å². The molecule has 0 radical (unpaired) electrons. The van der Waals surface area contributed by atoms with Crippen LogP contribution in [0.3, 0.4) is 0 Å². The molecule has 48 nitrogen and oxygen atoms in total. The summed E-state index contributed by atoms with van der Waals surface area (Å²) in [7, 11) is 0. The molecule has 0 spiro atoms. The highest BCUT2D eigenvalue weighted by Crippen LogP contribution is 2.24. The number of unbranched alkanes of at least 4 members (excludes halogenated alkanes) is 1. The van der Waals surface area contributed by atoms with Crippen LogP contribution in [0.1, 0.15) is 171 Å². The summed E-state index contributed by atoms with van der Waals surface area (Å²) in [5, 5.41) is 124. The number of benzene rings is 2. The lowest BCUT2D eigenvalue weighted by molar-refractivity contribution is -0.145. The molecule has 3 aromatic rings. The zero-order valence-electron chi connectivity index (χ0n) is 78.4. The number of aromatic amines is 1. The van der Waals surface area contributed by atoms with Gasteiger partial charge in [0.1, 0.15) is 102 Å². The largest absolute Gasteiger partial charge is 0.508 e. The summed E-state index contributed by atoms with van der Waals surface area (Å²) in [4.78, 5) is 275. The van der Waals surface area contributed by atoms with Gasteiger partial charge in [0.15, 0.2) is 5.96 Å². The monoisotopic (exact) mass is 1920 g/mol. The number of carbonyl (C=O) groups is 19. The second-order valence-corrected chi connectivity index (χ2v) is 35.2. The summed E-state index contributed by atoms with van der Waals surface area (Å²) in [5.41, 5.74) is 12.8. The average Bonchev–Trinajstić information content (AvgIpc) is 1.62. The Morgan fingerprint density at radius 1 is 0.493 bits per heavy atom. The number of carbonyl (C=O) groups excluding carboxylic acids is 17. The van der Waals surface area contributed by atoms with Crippen LogP contribution in [0.5, 0.6) is 5.75 Å². The molecule has 17 amide bonds. The number of H-pyrrole nitrogens is 1. The number of aliphatic hydroxyl groups excluding tert-OH is 4. The normalized spacial score (nSPS) is 26.0. The minimum atomic E-state index is -2.16. The molecule has 48 heteroatoms. The van der Waals surface area contributed by atoms with E-state index >= 15 is 0 Å². The number of nitrogens with two attached hydrogens (primary N) is 2. The zero-order valence-corrected chi connectivity index (χ0v) is 78.4. The number of carboxylic acids is 2. The summed E-state index contributed by atoms with van der Waals surface area (Å²) in [5.74, 6) is -26.1. The van der Waals surface area contributed by atoms with Crippen molar-refractivity contribution in [1.29, 1.82) is 5.41 Å². The average molecular weight is 1920 g/mol. The summed E-state index contributed by atoms with van der Waals surface area (Å²) in [6.07, 6.45) is -7.36. The fourth-order valence-electron chi connectivity index (χ4n) is 14.9. The van der Waals surface area contributed by atoms with E-state index in [-0.39, 0.29) is 88.7 Å². The molecule has 20 atom stereocenters. The molecule has 30 N–H and O–H groups in total. The van der Waals surface area contributed by atoms with E-state index in [1.807, 2.05) is 0 Å². The fourth-order valence-corrected chi connectivity index (χ4v) is 14.9. The molecular weight excluding hydrogens is 1780 g/mol. The van der Waals surface area contributed by atoms with E-state index in [0.717, 1.165) is 25.7 Å². The summed E-state index contributed by atoms with van der Waals surface area (Å²) in [6, 6.07) is -15.8. The van der Waals surface area contributed by atoms with Crippen LogP contribution in [0, 0.1) is 29.1 Å². The molecule has 3 heterocycles. The Morgan fingerprint density at radius 3 is 1.51 bits per heavy atom. The van der Waals surface area contributed by atoms with E-state index in [4.69, 9.17) is 16.9 Å². The Labute approximate surface area is 785 Å². The van der Waals surface area contributed by atoms with Crippen molar-refractivity contribution < 1.29 is 127 Å². The lowest BCUT2D eigenvalue weighted by Crippen LogP contribution is -2.63. The molecule has 136 heavy (non-hydrogen) atoms. The number of para-hydroxylation sites is 1. The van der Waals surface area contributed by atoms with Gasteiger partial charge in [-0.2, -0.15) is 0 Å². The van der Waals surface area contributed by atoms with E-state index in [1.165, 1.54) is 52.0 Å². The maximum absolute atomic E-state index is 14.9. The van der Waals surface area contributed by atoms with Crippen molar-refractivity contribution in [3.05, 3.63) is 65.9 Å². The predicted octanol–water partition coefficient (Wildman–Crippen LogP) is -6.66. The smallest absolute Gasteiger partial charge is 0.305 e. The van der Waals surface area contributed by atoms with Gasteiger partial charge in [-0.05, 0) is 145 Å². The van der Waals surface area contributed by atoms with Crippen molar-refractivity contribution in [2.24, 2.45) is 35.1 Å². The van der Waals surface area contributed by atoms with Gasteiger partial charge in [-0.25, -0.2) is 0 Å². The van der Waals surface area contributed by atoms with Crippen molar-refractivity contribution in [1.82, 2.24) is 100 Å². The summed E-state index contributed by atoms with van der Waals surface area (Å²) < 4.78 is 0. The highest BCUT2D eigenvalue weighted by Gasteiger charge is 2.45. The number of aromatic hydroxyl groups is 1. The molecular formula is C88H136N22O26. The number of phenols is 1. The first-order valence-corrected chi connectivity index (χ1v) is 45.3. The molecule has 2 saturated heterocycles. The number of guanidine groups is 1. The molecule has 5 rings (SSSR count). The summed E-state index contributed by atoms with van der Waals surface area (Å²) in [6.45, 7) is 14.6. The third kappa shape index (κ3) is 35.6. The number of aromatic nitrogens is 1. The predicted molar refractivity (Wildman–Crippen MR) is 488 cm³/mol. The molecule has 2 aliphatic heterocycles. The maximum atomic E-state index is 14.9. The first kappa shape index (κ1) is 113. The molecule has 2 aliphatic rings. The van der Waals surface area contributed by atoms with Crippen LogP contribution >= 0.6 is 0 Å². The molecule has 1 aromatic heterocycles. The Morgan fingerprint density at radius 2 is 0.949 bits per heavy atom. The third-order valence-corrected chi connectivity index (χ3v) is 22.9. The maximum Gasteiger partial charge on any atom is 0.305 e. The number of phenolic OH excluding ortho intramolecular Hbond substituents is 1. The number of carboxylic acid groups (broad SMARTS) is 2. The second kappa shape index (κ2) is 55.0. The Bertz CT molecular complexity index is 4680. The van der Waals surface area contributed by atoms with Crippen LogP contribution in [0.2, 0.25) is 0 Å². The number of fused-ring (bicyclic) bond motifs is 2. The van der Waals surface area contributed by atoms with Gasteiger partial charge in [0.25, 0.3) is 0 Å². The number of aliphatic hydroxyl groups is 4. The number of nitrogens with zero attached hydrogens (tertiary/aromatic N) is 1. The van der Waals surface area contributed by atoms with Crippen LogP contribution in [0.25, 0.3) is 10.9 Å². The van der Waals surface area contributed by atoms with E-state index in [0.29, 0.717) is 22.9 Å². The van der Waals surface area contributed by atoms with Gasteiger partial charge in [0.05, 0.1) is 37.9 Å². The number of nitrogens with one attached hydrogen (secondary N) is 19. The fraction of sp³-hybridized carbons (Fsp3) is 0.614. The van der Waals surface area contributed by atoms with Gasteiger partial charge >= 0.3 is 11.9 Å². The van der Waals surface area contributed by atoms with Crippen LogP contribution in [-0.2, 0) is 104 Å². The number of hydrogen-bond acceptors (Lipinski definition) is 26. The first-order chi connectivity index (χ1) is 64.0. The number of aliphatic carboxylic acids is 2. The summed E-state index contributed by atoms with van der Waals surface area (Å²) >= 11 is 0. The van der Waals surface area contributed by atoms with Crippen molar-refractivity contribution in [3.8, 4) is 5.75 Å². The third-order valence-electron chi connectivity index (χ3n) is 22.9. The van der Waals surface area contributed by atoms with Gasteiger partial charge in [-0.15, -0.1) is 0 Å². The molecule has 754 valence electrons. The van der Waals surface area contributed by atoms with Crippen molar-refractivity contribution in [2.75, 3.05) is 32.8 Å². The van der Waals surface area contributed by atoms with Gasteiger partial charge in [-0.1, -0.05) is 92.1 Å². The van der Waals surface area contributed by atoms with Crippen molar-refractivity contribution in [2.45, 2.75) is 288 Å². The van der Waals surface area contributed by atoms with Crippen LogP contribution in [0.4, 0.5) is 0 Å². The molecule has 0 aliphatic carbocycles. The van der Waals surface area contributed by atoms with Crippen molar-refractivity contribution in [3.63, 3.8) is 0 Å². The van der Waals surface area contributed by atoms with E-state index < -0.39 is 296 Å². The topological polar surface area (TPSA) is 765 Å². The highest BCUT2D eigenvalue weighted by molar-refractivity contribution is 6.03. The van der Waals surface area contributed by atoms with E-state index in [9.17, 15) is 127 Å². The minimum Gasteiger partial charge on any atom is -0.508 e. The molecule has 0 unspecified atom stereocenters. The van der Waals surface area contributed by atoms with Gasteiger partial charge < -0.3 is 147 Å². The van der Waals surface area contributed by atoms with E-state index in [2.05, 4.69) is 95.4 Å². The first-order valence-electron chi connectivity index (χ1n) is 45.3. The van der Waals surface area contributed by atoms with Crippen LogP contribution in [0.15, 0.2) is 54.7 Å². The van der Waals surface area contributed by atoms with Crippen molar-refractivity contribution >= 4 is 129 Å². The number of amides is 17. The quantitative estimate of drug-likeness (QED) is 0.0192.